The molecule has 3 amide bonds. The van der Waals surface area contributed by atoms with Gasteiger partial charge in [0, 0.05) is 12.6 Å². The molecule has 0 bridgehead atoms. The van der Waals surface area contributed by atoms with Gasteiger partial charge in [0.15, 0.2) is 0 Å². The van der Waals surface area contributed by atoms with Crippen LogP contribution < -0.4 is 21.7 Å². The van der Waals surface area contributed by atoms with Crippen LogP contribution in [0.5, 0.6) is 0 Å². The number of carbonyl (C=O) groups is 3. The lowest BCUT2D eigenvalue weighted by Crippen LogP contribution is -2.49. The molecule has 0 saturated carbocycles. The van der Waals surface area contributed by atoms with Crippen LogP contribution in [0.4, 0.5) is 8.78 Å². The molecule has 0 aliphatic carbocycles. The fourth-order valence-corrected chi connectivity index (χ4v) is 3.07. The van der Waals surface area contributed by atoms with E-state index in [1.165, 1.54) is 14.0 Å². The zero-order valence-corrected chi connectivity index (χ0v) is 18.7. The van der Waals surface area contributed by atoms with Crippen molar-refractivity contribution in [2.45, 2.75) is 13.0 Å². The highest BCUT2D eigenvalue weighted by atomic mass is 19.1. The van der Waals surface area contributed by atoms with E-state index in [0.29, 0.717) is 0 Å². The second kappa shape index (κ2) is 12.4. The summed E-state index contributed by atoms with van der Waals surface area (Å²) in [6, 6.07) is 4.97. The smallest absolute Gasteiger partial charge is 0.423 e. The van der Waals surface area contributed by atoms with Gasteiger partial charge in [0.1, 0.15) is 18.2 Å². The zero-order chi connectivity index (χ0) is 26.3. The molecule has 0 fully saturated rings. The highest BCUT2D eigenvalue weighted by Crippen LogP contribution is 2.13. The van der Waals surface area contributed by atoms with Gasteiger partial charge in [0.25, 0.3) is 17.7 Å². The SMILES string of the molecule is CONC(=O)CN(C(=O)c1ccc(B(O)O)cc1F)C(C)CNC(=O)c1ccc(B(O)O)cc1F. The van der Waals surface area contributed by atoms with E-state index in [4.69, 9.17) is 20.1 Å². The molecule has 11 nitrogen and oxygen atoms in total. The fourth-order valence-electron chi connectivity index (χ4n) is 3.07. The van der Waals surface area contributed by atoms with Crippen LogP contribution in [0.2, 0.25) is 0 Å². The Morgan fingerprint density at radius 3 is 1.94 bits per heavy atom. The third-order valence-corrected chi connectivity index (χ3v) is 4.94. The summed E-state index contributed by atoms with van der Waals surface area (Å²) in [6.45, 7) is 0.582. The Hall–Kier alpha value is -3.36. The highest BCUT2D eigenvalue weighted by molar-refractivity contribution is 6.59. The first-order chi connectivity index (χ1) is 16.5. The number of carbonyl (C=O) groups excluding carboxylic acids is 3. The second-order valence-corrected chi connectivity index (χ2v) is 7.45. The number of benzene rings is 2. The second-order valence-electron chi connectivity index (χ2n) is 7.45. The van der Waals surface area contributed by atoms with Crippen LogP contribution in [0, 0.1) is 11.6 Å². The number of halogens is 2. The molecule has 0 aromatic heterocycles. The Morgan fingerprint density at radius 2 is 1.49 bits per heavy atom. The van der Waals surface area contributed by atoms with Gasteiger partial charge in [-0.25, -0.2) is 14.3 Å². The van der Waals surface area contributed by atoms with Crippen LogP contribution in [0.25, 0.3) is 0 Å². The van der Waals surface area contributed by atoms with E-state index in [1.807, 2.05) is 5.48 Å². The van der Waals surface area contributed by atoms with E-state index in [2.05, 4.69) is 10.2 Å². The maximum Gasteiger partial charge on any atom is 0.488 e. The van der Waals surface area contributed by atoms with Crippen molar-refractivity contribution in [2.24, 2.45) is 0 Å². The molecule has 15 heteroatoms. The van der Waals surface area contributed by atoms with Crippen molar-refractivity contribution in [1.82, 2.24) is 15.7 Å². The maximum absolute atomic E-state index is 14.5. The minimum absolute atomic E-state index is 0.157. The molecule has 186 valence electrons. The van der Waals surface area contributed by atoms with Gasteiger partial charge in [-0.1, -0.05) is 12.1 Å². The van der Waals surface area contributed by atoms with E-state index in [9.17, 15) is 23.2 Å². The normalized spacial score (nSPS) is 11.4. The van der Waals surface area contributed by atoms with Crippen LogP contribution >= 0.6 is 0 Å². The largest absolute Gasteiger partial charge is 0.488 e. The van der Waals surface area contributed by atoms with Crippen molar-refractivity contribution in [3.8, 4) is 0 Å². The molecule has 6 N–H and O–H groups in total. The van der Waals surface area contributed by atoms with Gasteiger partial charge >= 0.3 is 14.2 Å². The summed E-state index contributed by atoms with van der Waals surface area (Å²) in [5.41, 5.74) is 0.798. The molecule has 0 saturated heterocycles. The Kier molecular flexibility index (Phi) is 9.86. The van der Waals surface area contributed by atoms with Crippen LogP contribution in [-0.4, -0.2) is 83.2 Å². The Morgan fingerprint density at radius 1 is 0.971 bits per heavy atom. The molecule has 2 aromatic rings. The lowest BCUT2D eigenvalue weighted by atomic mass is 9.80. The summed E-state index contributed by atoms with van der Waals surface area (Å²) in [4.78, 5) is 42.9. The molecule has 1 unspecified atom stereocenters. The van der Waals surface area contributed by atoms with E-state index >= 15 is 0 Å². The molecule has 1 atom stereocenters. The van der Waals surface area contributed by atoms with E-state index in [0.717, 1.165) is 41.3 Å². The molecule has 2 aromatic carbocycles. The van der Waals surface area contributed by atoms with E-state index < -0.39 is 67.3 Å². The lowest BCUT2D eigenvalue weighted by molar-refractivity contribution is -0.132. The molecule has 0 aliphatic rings. The van der Waals surface area contributed by atoms with Crippen molar-refractivity contribution in [1.29, 1.82) is 0 Å². The van der Waals surface area contributed by atoms with E-state index in [1.54, 1.807) is 0 Å². The summed E-state index contributed by atoms with van der Waals surface area (Å²) in [5.74, 6) is -4.66. The fraction of sp³-hybridized carbons (Fsp3) is 0.250. The zero-order valence-electron chi connectivity index (χ0n) is 18.7. The van der Waals surface area contributed by atoms with Crippen molar-refractivity contribution >= 4 is 42.9 Å². The molecule has 0 spiro atoms. The Balaban J connectivity index is 2.22. The summed E-state index contributed by atoms with van der Waals surface area (Å²) in [6.07, 6.45) is 0. The van der Waals surface area contributed by atoms with Gasteiger partial charge in [0.05, 0.1) is 18.2 Å². The molecule has 2 rings (SSSR count). The van der Waals surface area contributed by atoms with Crippen molar-refractivity contribution in [2.75, 3.05) is 20.2 Å². The first-order valence-corrected chi connectivity index (χ1v) is 10.2. The van der Waals surface area contributed by atoms with Crippen LogP contribution in [0.1, 0.15) is 27.6 Å². The first-order valence-electron chi connectivity index (χ1n) is 10.2. The number of nitrogens with one attached hydrogen (secondary N) is 2. The third-order valence-electron chi connectivity index (χ3n) is 4.94. The number of rotatable bonds is 10. The minimum Gasteiger partial charge on any atom is -0.423 e. The number of amides is 3. The van der Waals surface area contributed by atoms with Crippen molar-refractivity contribution in [3.63, 3.8) is 0 Å². The first kappa shape index (κ1) is 27.9. The summed E-state index contributed by atoms with van der Waals surface area (Å²) < 4.78 is 28.7. The van der Waals surface area contributed by atoms with Gasteiger partial charge in [-0.2, -0.15) is 0 Å². The highest BCUT2D eigenvalue weighted by Gasteiger charge is 2.28. The summed E-state index contributed by atoms with van der Waals surface area (Å²) in [5, 5.41) is 38.9. The van der Waals surface area contributed by atoms with Crippen LogP contribution in [0.3, 0.4) is 0 Å². The molecule has 0 aliphatic heterocycles. The van der Waals surface area contributed by atoms with E-state index in [-0.39, 0.29) is 17.5 Å². The molecule has 0 heterocycles. The quantitative estimate of drug-likeness (QED) is 0.153. The average Bonchev–Trinajstić information content (AvgIpc) is 2.80. The summed E-state index contributed by atoms with van der Waals surface area (Å²) >= 11 is 0. The molecule has 35 heavy (non-hydrogen) atoms. The Labute approximate surface area is 199 Å². The van der Waals surface area contributed by atoms with Gasteiger partial charge < -0.3 is 30.3 Å². The molecule has 0 radical (unpaired) electrons. The topological polar surface area (TPSA) is 169 Å². The predicted octanol–water partition coefficient (Wildman–Crippen LogP) is -2.74. The lowest BCUT2D eigenvalue weighted by Gasteiger charge is -2.29. The number of hydrogen-bond acceptors (Lipinski definition) is 8. The van der Waals surface area contributed by atoms with Gasteiger partial charge in [-0.15, -0.1) is 0 Å². The minimum atomic E-state index is -1.96. The molecular formula is C20H23B2F2N3O8. The maximum atomic E-state index is 14.5. The van der Waals surface area contributed by atoms with Gasteiger partial charge in [0.2, 0.25) is 0 Å². The number of hydroxylamine groups is 1. The van der Waals surface area contributed by atoms with Gasteiger partial charge in [-0.3, -0.25) is 19.2 Å². The average molecular weight is 493 g/mol. The van der Waals surface area contributed by atoms with Crippen molar-refractivity contribution < 1.29 is 48.1 Å². The summed E-state index contributed by atoms with van der Waals surface area (Å²) in [7, 11) is -2.71. The molecular weight excluding hydrogens is 470 g/mol. The van der Waals surface area contributed by atoms with Crippen LogP contribution in [-0.2, 0) is 9.63 Å². The Bertz CT molecular complexity index is 1090. The third kappa shape index (κ3) is 7.31. The van der Waals surface area contributed by atoms with Crippen LogP contribution in [0.15, 0.2) is 36.4 Å². The predicted molar refractivity (Wildman–Crippen MR) is 120 cm³/mol. The number of nitrogens with zero attached hydrogens (tertiary/aromatic N) is 1. The van der Waals surface area contributed by atoms with Crippen molar-refractivity contribution in [3.05, 3.63) is 59.2 Å². The number of hydrogen-bond donors (Lipinski definition) is 6. The van der Waals surface area contributed by atoms with Gasteiger partial charge in [-0.05, 0) is 42.1 Å². The monoisotopic (exact) mass is 493 g/mol. The standard InChI is InChI=1S/C20H23B2F2N3O8/c1-11(9-25-19(29)14-5-3-12(21(31)32)7-16(14)23)27(10-18(28)26-35-2)20(30)15-6-4-13(22(33)34)8-17(15)24/h3-8,11,31-34H,9-10H2,1-2H3,(H,25,29)(H,26,28).